The molecule has 19 heavy (non-hydrogen) atoms. The molecule has 0 aliphatic rings. The van der Waals surface area contributed by atoms with Crippen molar-refractivity contribution in [3.05, 3.63) is 35.9 Å². The number of amides is 1. The van der Waals surface area contributed by atoms with Gasteiger partial charge in [-0.15, -0.1) is 0 Å². The number of ether oxygens (including phenoxy) is 1. The van der Waals surface area contributed by atoms with E-state index in [1.54, 1.807) is 27.7 Å². The summed E-state index contributed by atoms with van der Waals surface area (Å²) in [5, 5.41) is 12.3. The summed E-state index contributed by atoms with van der Waals surface area (Å²) in [4.78, 5) is 11.8. The minimum absolute atomic E-state index is 0.152. The monoisotopic (exact) mass is 265 g/mol. The molecule has 0 heterocycles. The topological polar surface area (TPSA) is 58.6 Å². The highest BCUT2D eigenvalue weighted by atomic mass is 16.6. The molecule has 0 unspecified atom stereocenters. The number of nitrogens with one attached hydrogen (secondary N) is 1. The average Bonchev–Trinajstić information content (AvgIpc) is 2.27. The lowest BCUT2D eigenvalue weighted by molar-refractivity contribution is 0.0415. The van der Waals surface area contributed by atoms with Crippen molar-refractivity contribution in [1.29, 1.82) is 0 Å². The molecule has 0 radical (unpaired) electrons. The minimum Gasteiger partial charge on any atom is -0.444 e. The maximum Gasteiger partial charge on any atom is 0.408 e. The number of benzene rings is 1. The first-order chi connectivity index (χ1) is 8.74. The zero-order valence-corrected chi connectivity index (χ0v) is 12.1. The molecule has 1 rings (SSSR count). The summed E-state index contributed by atoms with van der Waals surface area (Å²) in [5.41, 5.74) is -0.230. The Morgan fingerprint density at radius 3 is 2.26 bits per heavy atom. The predicted molar refractivity (Wildman–Crippen MR) is 75.0 cm³/mol. The second-order valence-electron chi connectivity index (χ2n) is 6.01. The van der Waals surface area contributed by atoms with Gasteiger partial charge in [-0.1, -0.05) is 30.3 Å². The van der Waals surface area contributed by atoms with E-state index in [9.17, 15) is 9.90 Å². The molecular weight excluding hydrogens is 242 g/mol. The van der Waals surface area contributed by atoms with E-state index in [0.29, 0.717) is 6.42 Å². The Morgan fingerprint density at radius 1 is 1.21 bits per heavy atom. The normalized spacial score (nSPS) is 14.6. The van der Waals surface area contributed by atoms with Crippen LogP contribution in [0, 0.1) is 0 Å². The smallest absolute Gasteiger partial charge is 0.408 e. The number of carbonyl (C=O) groups is 1. The van der Waals surface area contributed by atoms with Crippen LogP contribution in [0.3, 0.4) is 0 Å². The fourth-order valence-corrected chi connectivity index (χ4v) is 1.74. The zero-order valence-electron chi connectivity index (χ0n) is 12.1. The molecule has 0 aliphatic heterocycles. The molecule has 0 saturated heterocycles. The van der Waals surface area contributed by atoms with E-state index in [0.717, 1.165) is 5.56 Å². The number of aliphatic hydroxyl groups excluding tert-OH is 1. The lowest BCUT2D eigenvalue weighted by Crippen LogP contribution is -2.52. The maximum absolute atomic E-state index is 11.8. The molecule has 0 bridgehead atoms. The van der Waals surface area contributed by atoms with Gasteiger partial charge < -0.3 is 15.2 Å². The second kappa shape index (κ2) is 6.06. The minimum atomic E-state index is -0.732. The van der Waals surface area contributed by atoms with Gasteiger partial charge in [-0.3, -0.25) is 0 Å². The van der Waals surface area contributed by atoms with E-state index in [1.165, 1.54) is 0 Å². The Hall–Kier alpha value is -1.55. The van der Waals surface area contributed by atoms with Crippen LogP contribution in [-0.2, 0) is 11.2 Å². The standard InChI is InChI=1S/C15H23NO3/c1-14(2,3)19-13(18)16-15(4,11-17)10-12-8-6-5-7-9-12/h5-9,17H,10-11H2,1-4H3,(H,16,18)/t15-/m1/s1. The molecule has 4 nitrogen and oxygen atoms in total. The molecule has 0 fully saturated rings. The molecule has 2 N–H and O–H groups in total. The van der Waals surface area contributed by atoms with Crippen LogP contribution in [-0.4, -0.2) is 28.9 Å². The number of hydrogen-bond acceptors (Lipinski definition) is 3. The van der Waals surface area contributed by atoms with Crippen molar-refractivity contribution >= 4 is 6.09 Å². The number of rotatable bonds is 4. The van der Waals surface area contributed by atoms with Crippen LogP contribution >= 0.6 is 0 Å². The van der Waals surface area contributed by atoms with Crippen molar-refractivity contribution in [3.63, 3.8) is 0 Å². The Kier molecular flexibility index (Phi) is 4.95. The van der Waals surface area contributed by atoms with Gasteiger partial charge in [0.1, 0.15) is 5.60 Å². The first-order valence-corrected chi connectivity index (χ1v) is 6.40. The molecule has 0 aromatic heterocycles. The van der Waals surface area contributed by atoms with Crippen molar-refractivity contribution in [2.24, 2.45) is 0 Å². The summed E-state index contributed by atoms with van der Waals surface area (Å²) < 4.78 is 5.21. The van der Waals surface area contributed by atoms with Crippen molar-refractivity contribution in [3.8, 4) is 0 Å². The third-order valence-corrected chi connectivity index (χ3v) is 2.59. The average molecular weight is 265 g/mol. The fourth-order valence-electron chi connectivity index (χ4n) is 1.74. The van der Waals surface area contributed by atoms with Gasteiger partial charge in [0, 0.05) is 0 Å². The van der Waals surface area contributed by atoms with Gasteiger partial charge in [0.25, 0.3) is 0 Å². The molecule has 0 spiro atoms. The molecule has 1 atom stereocenters. The van der Waals surface area contributed by atoms with Crippen LogP contribution in [0.1, 0.15) is 33.3 Å². The van der Waals surface area contributed by atoms with E-state index in [2.05, 4.69) is 5.32 Å². The Morgan fingerprint density at radius 2 is 1.79 bits per heavy atom. The van der Waals surface area contributed by atoms with Gasteiger partial charge in [0.05, 0.1) is 12.1 Å². The molecule has 0 saturated carbocycles. The van der Waals surface area contributed by atoms with Gasteiger partial charge in [0.15, 0.2) is 0 Å². The van der Waals surface area contributed by atoms with Gasteiger partial charge in [0.2, 0.25) is 0 Å². The van der Waals surface area contributed by atoms with Crippen LogP contribution < -0.4 is 5.32 Å². The van der Waals surface area contributed by atoms with Crippen molar-refractivity contribution in [1.82, 2.24) is 5.32 Å². The summed E-state index contributed by atoms with van der Waals surface area (Å²) in [6, 6.07) is 9.72. The van der Waals surface area contributed by atoms with Crippen LogP contribution in [0.5, 0.6) is 0 Å². The van der Waals surface area contributed by atoms with Gasteiger partial charge >= 0.3 is 6.09 Å². The zero-order chi connectivity index (χ0) is 14.5. The highest BCUT2D eigenvalue weighted by molar-refractivity contribution is 5.68. The van der Waals surface area contributed by atoms with Crippen molar-refractivity contribution < 1.29 is 14.6 Å². The first-order valence-electron chi connectivity index (χ1n) is 6.40. The SMILES string of the molecule is CC(C)(C)OC(=O)N[C@@](C)(CO)Cc1ccccc1. The van der Waals surface area contributed by atoms with Crippen LogP contribution in [0.15, 0.2) is 30.3 Å². The van der Waals surface area contributed by atoms with Crippen molar-refractivity contribution in [2.75, 3.05) is 6.61 Å². The van der Waals surface area contributed by atoms with Crippen LogP contribution in [0.25, 0.3) is 0 Å². The van der Waals surface area contributed by atoms with Gasteiger partial charge in [-0.2, -0.15) is 0 Å². The molecule has 1 aromatic rings. The molecular formula is C15H23NO3. The van der Waals surface area contributed by atoms with E-state index >= 15 is 0 Å². The van der Waals surface area contributed by atoms with E-state index in [4.69, 9.17) is 4.74 Å². The Labute approximate surface area is 114 Å². The fraction of sp³-hybridized carbons (Fsp3) is 0.533. The number of hydrogen-bond donors (Lipinski definition) is 2. The highest BCUT2D eigenvalue weighted by Crippen LogP contribution is 2.14. The van der Waals surface area contributed by atoms with Crippen molar-refractivity contribution in [2.45, 2.75) is 45.3 Å². The lowest BCUT2D eigenvalue weighted by atomic mass is 9.94. The number of alkyl carbamates (subject to hydrolysis) is 1. The number of aliphatic hydroxyl groups is 1. The molecule has 0 aliphatic carbocycles. The number of carbonyl (C=O) groups excluding carboxylic acids is 1. The maximum atomic E-state index is 11.8. The van der Waals surface area contributed by atoms with Gasteiger partial charge in [-0.05, 0) is 39.7 Å². The lowest BCUT2D eigenvalue weighted by Gasteiger charge is -2.30. The summed E-state index contributed by atoms with van der Waals surface area (Å²) in [5.74, 6) is 0. The molecule has 4 heteroatoms. The highest BCUT2D eigenvalue weighted by Gasteiger charge is 2.28. The first kappa shape index (κ1) is 15.5. The summed E-state index contributed by atoms with van der Waals surface area (Å²) in [6.07, 6.45) is 0.0313. The van der Waals surface area contributed by atoms with Gasteiger partial charge in [-0.25, -0.2) is 4.79 Å². The molecule has 1 aromatic carbocycles. The Balaban J connectivity index is 2.68. The third-order valence-electron chi connectivity index (χ3n) is 2.59. The quantitative estimate of drug-likeness (QED) is 0.879. The Bertz CT molecular complexity index is 411. The van der Waals surface area contributed by atoms with E-state index in [1.807, 2.05) is 30.3 Å². The molecule has 1 amide bonds. The predicted octanol–water partition coefficient (Wildman–Crippen LogP) is 2.50. The molecule has 106 valence electrons. The second-order valence-corrected chi connectivity index (χ2v) is 6.01. The summed E-state index contributed by atoms with van der Waals surface area (Å²) in [7, 11) is 0. The largest absolute Gasteiger partial charge is 0.444 e. The van der Waals surface area contributed by atoms with Crippen LogP contribution in [0.4, 0.5) is 4.79 Å². The van der Waals surface area contributed by atoms with Crippen LogP contribution in [0.2, 0.25) is 0 Å². The third kappa shape index (κ3) is 5.75. The summed E-state index contributed by atoms with van der Waals surface area (Å²) >= 11 is 0. The van der Waals surface area contributed by atoms with E-state index < -0.39 is 17.2 Å². The summed E-state index contributed by atoms with van der Waals surface area (Å²) in [6.45, 7) is 7.06. The van der Waals surface area contributed by atoms with E-state index in [-0.39, 0.29) is 6.61 Å².